The highest BCUT2D eigenvalue weighted by Crippen LogP contribution is 2.13. The van der Waals surface area contributed by atoms with Crippen molar-refractivity contribution in [2.75, 3.05) is 32.7 Å². The molecule has 1 aromatic rings. The fourth-order valence-electron chi connectivity index (χ4n) is 2.55. The van der Waals surface area contributed by atoms with Gasteiger partial charge in [0.15, 0.2) is 0 Å². The molecule has 2 rings (SSSR count). The summed E-state index contributed by atoms with van der Waals surface area (Å²) in [6, 6.07) is 7.98. The van der Waals surface area contributed by atoms with Crippen LogP contribution in [0.2, 0.25) is 0 Å². The summed E-state index contributed by atoms with van der Waals surface area (Å²) in [6.07, 6.45) is 2.59. The van der Waals surface area contributed by atoms with E-state index in [1.807, 2.05) is 18.2 Å². The minimum atomic E-state index is 0. The molecule has 22 heavy (non-hydrogen) atoms. The summed E-state index contributed by atoms with van der Waals surface area (Å²) >= 11 is 0. The maximum Gasteiger partial charge on any atom is 0.251 e. The van der Waals surface area contributed by atoms with Gasteiger partial charge in [-0.1, -0.05) is 19.1 Å². The monoisotopic (exact) mass is 347 g/mol. The van der Waals surface area contributed by atoms with E-state index >= 15 is 0 Å². The first-order valence-corrected chi connectivity index (χ1v) is 7.60. The van der Waals surface area contributed by atoms with Crippen molar-refractivity contribution >= 4 is 30.7 Å². The Bertz CT molecular complexity index is 437. The molecular formula is C16H27Cl2N3O. The molecule has 0 unspecified atom stereocenters. The molecular weight excluding hydrogens is 321 g/mol. The summed E-state index contributed by atoms with van der Waals surface area (Å²) in [5, 5.41) is 6.13. The number of carbonyl (C=O) groups is 1. The van der Waals surface area contributed by atoms with Gasteiger partial charge in [-0.2, -0.15) is 0 Å². The Labute approximate surface area is 145 Å². The van der Waals surface area contributed by atoms with Crippen molar-refractivity contribution < 1.29 is 4.79 Å². The van der Waals surface area contributed by atoms with Crippen LogP contribution < -0.4 is 10.6 Å². The van der Waals surface area contributed by atoms with Crippen molar-refractivity contribution in [1.29, 1.82) is 0 Å². The van der Waals surface area contributed by atoms with E-state index in [9.17, 15) is 4.79 Å². The minimum Gasteiger partial charge on any atom is -0.351 e. The third kappa shape index (κ3) is 6.97. The number of nitrogens with one attached hydrogen (secondary N) is 2. The maximum absolute atomic E-state index is 12.0. The van der Waals surface area contributed by atoms with Gasteiger partial charge in [0.2, 0.25) is 0 Å². The van der Waals surface area contributed by atoms with Crippen molar-refractivity contribution in [2.45, 2.75) is 26.3 Å². The quantitative estimate of drug-likeness (QED) is 0.744. The van der Waals surface area contributed by atoms with Crippen LogP contribution in [0.3, 0.4) is 0 Å². The van der Waals surface area contributed by atoms with Crippen LogP contribution >= 0.6 is 24.8 Å². The highest BCUT2D eigenvalue weighted by molar-refractivity contribution is 5.94. The first-order valence-electron chi connectivity index (χ1n) is 7.60. The van der Waals surface area contributed by atoms with Crippen LogP contribution in [0, 0.1) is 0 Å². The van der Waals surface area contributed by atoms with Crippen molar-refractivity contribution in [3.05, 3.63) is 35.4 Å². The number of hydrogen-bond acceptors (Lipinski definition) is 3. The van der Waals surface area contributed by atoms with Crippen LogP contribution in [0.25, 0.3) is 0 Å². The van der Waals surface area contributed by atoms with Gasteiger partial charge in [-0.15, -0.1) is 24.8 Å². The summed E-state index contributed by atoms with van der Waals surface area (Å²) in [5.74, 6) is 0.0196. The lowest BCUT2D eigenvalue weighted by Gasteiger charge is -2.15. The third-order valence-corrected chi connectivity index (χ3v) is 3.63. The summed E-state index contributed by atoms with van der Waals surface area (Å²) in [5.41, 5.74) is 1.99. The molecule has 1 heterocycles. The summed E-state index contributed by atoms with van der Waals surface area (Å²) in [6.45, 7) is 7.79. The molecule has 1 aromatic carbocycles. The van der Waals surface area contributed by atoms with Gasteiger partial charge < -0.3 is 10.6 Å². The van der Waals surface area contributed by atoms with E-state index < -0.39 is 0 Å². The minimum absolute atomic E-state index is 0. The Morgan fingerprint density at radius 3 is 2.59 bits per heavy atom. The first-order chi connectivity index (χ1) is 9.79. The van der Waals surface area contributed by atoms with E-state index in [1.54, 1.807) is 0 Å². The van der Waals surface area contributed by atoms with Crippen molar-refractivity contribution in [3.63, 3.8) is 0 Å². The van der Waals surface area contributed by atoms with Crippen molar-refractivity contribution in [3.8, 4) is 0 Å². The van der Waals surface area contributed by atoms with Crippen molar-refractivity contribution in [2.24, 2.45) is 0 Å². The predicted octanol–water partition coefficient (Wildman–Crippen LogP) is 2.47. The SMILES string of the molecule is CCNCCNC(=O)c1cccc(CN2CCCC2)c1.Cl.Cl. The zero-order valence-electron chi connectivity index (χ0n) is 13.1. The molecule has 0 aliphatic carbocycles. The topological polar surface area (TPSA) is 44.4 Å². The number of hydrogen-bond donors (Lipinski definition) is 2. The molecule has 4 nitrogen and oxygen atoms in total. The van der Waals surface area contributed by atoms with E-state index in [2.05, 4.69) is 28.5 Å². The van der Waals surface area contributed by atoms with Crippen LogP contribution in [-0.2, 0) is 6.54 Å². The fourth-order valence-corrected chi connectivity index (χ4v) is 2.55. The number of benzene rings is 1. The number of amides is 1. The number of rotatable bonds is 7. The van der Waals surface area contributed by atoms with Crippen LogP contribution in [0.15, 0.2) is 24.3 Å². The van der Waals surface area contributed by atoms with Crippen LogP contribution in [0.1, 0.15) is 35.7 Å². The molecule has 1 aliphatic rings. The Hall–Kier alpha value is -0.810. The molecule has 6 heteroatoms. The molecule has 0 radical (unpaired) electrons. The van der Waals surface area contributed by atoms with Gasteiger partial charge in [-0.05, 0) is 50.2 Å². The maximum atomic E-state index is 12.0. The lowest BCUT2D eigenvalue weighted by Crippen LogP contribution is -2.31. The van der Waals surface area contributed by atoms with Gasteiger partial charge in [0.1, 0.15) is 0 Å². The van der Waals surface area contributed by atoms with Crippen LogP contribution in [-0.4, -0.2) is 43.5 Å². The molecule has 0 atom stereocenters. The molecule has 0 spiro atoms. The molecule has 1 fully saturated rings. The average Bonchev–Trinajstić information content (AvgIpc) is 2.96. The van der Waals surface area contributed by atoms with Gasteiger partial charge in [0.25, 0.3) is 5.91 Å². The third-order valence-electron chi connectivity index (χ3n) is 3.63. The Morgan fingerprint density at radius 2 is 1.91 bits per heavy atom. The molecule has 1 saturated heterocycles. The van der Waals surface area contributed by atoms with Gasteiger partial charge in [0, 0.05) is 25.2 Å². The van der Waals surface area contributed by atoms with E-state index in [4.69, 9.17) is 0 Å². The summed E-state index contributed by atoms with van der Waals surface area (Å²) in [7, 11) is 0. The molecule has 0 saturated carbocycles. The lowest BCUT2D eigenvalue weighted by atomic mass is 10.1. The number of carbonyl (C=O) groups excluding carboxylic acids is 1. The van der Waals surface area contributed by atoms with E-state index in [-0.39, 0.29) is 30.7 Å². The summed E-state index contributed by atoms with van der Waals surface area (Å²) < 4.78 is 0. The molecule has 1 aliphatic heterocycles. The number of likely N-dealkylation sites (N-methyl/N-ethyl adjacent to an activating group) is 1. The van der Waals surface area contributed by atoms with E-state index in [0.29, 0.717) is 6.54 Å². The smallest absolute Gasteiger partial charge is 0.251 e. The van der Waals surface area contributed by atoms with Gasteiger partial charge in [-0.25, -0.2) is 0 Å². The molecule has 0 bridgehead atoms. The number of likely N-dealkylation sites (tertiary alicyclic amines) is 1. The van der Waals surface area contributed by atoms with E-state index in [0.717, 1.165) is 25.2 Å². The number of nitrogens with zero attached hydrogens (tertiary/aromatic N) is 1. The van der Waals surface area contributed by atoms with Gasteiger partial charge in [-0.3, -0.25) is 9.69 Å². The van der Waals surface area contributed by atoms with E-state index in [1.165, 1.54) is 31.5 Å². The highest BCUT2D eigenvalue weighted by atomic mass is 35.5. The first kappa shape index (κ1) is 21.2. The second-order valence-electron chi connectivity index (χ2n) is 5.29. The molecule has 2 N–H and O–H groups in total. The summed E-state index contributed by atoms with van der Waals surface area (Å²) in [4.78, 5) is 14.5. The molecule has 0 aromatic heterocycles. The molecule has 126 valence electrons. The molecule has 1 amide bonds. The Kier molecular flexibility index (Phi) is 11.3. The predicted molar refractivity (Wildman–Crippen MR) is 96.3 cm³/mol. The standard InChI is InChI=1S/C16H25N3O.2ClH/c1-2-17-8-9-18-16(20)15-7-5-6-14(12-15)13-19-10-3-4-11-19;;/h5-7,12,17H,2-4,8-11,13H2,1H3,(H,18,20);2*1H. The highest BCUT2D eigenvalue weighted by Gasteiger charge is 2.12. The zero-order valence-corrected chi connectivity index (χ0v) is 14.8. The van der Waals surface area contributed by atoms with Gasteiger partial charge >= 0.3 is 0 Å². The second-order valence-corrected chi connectivity index (χ2v) is 5.29. The lowest BCUT2D eigenvalue weighted by molar-refractivity contribution is 0.0954. The average molecular weight is 348 g/mol. The zero-order chi connectivity index (χ0) is 14.2. The van der Waals surface area contributed by atoms with Crippen LogP contribution in [0.5, 0.6) is 0 Å². The fraction of sp³-hybridized carbons (Fsp3) is 0.562. The van der Waals surface area contributed by atoms with Gasteiger partial charge in [0.05, 0.1) is 0 Å². The van der Waals surface area contributed by atoms with Crippen molar-refractivity contribution in [1.82, 2.24) is 15.5 Å². The van der Waals surface area contributed by atoms with Crippen LogP contribution in [0.4, 0.5) is 0 Å². The second kappa shape index (κ2) is 11.7. The Balaban J connectivity index is 0.00000220. The Morgan fingerprint density at radius 1 is 1.18 bits per heavy atom. The normalized spacial score (nSPS) is 14.0. The number of halogens is 2. The largest absolute Gasteiger partial charge is 0.351 e.